The molecule has 0 fully saturated rings. The van der Waals surface area contributed by atoms with E-state index in [2.05, 4.69) is 30.9 Å². The summed E-state index contributed by atoms with van der Waals surface area (Å²) in [5, 5.41) is 3.88. The van der Waals surface area contributed by atoms with Crippen molar-refractivity contribution in [2.45, 2.75) is 46.0 Å². The molecule has 1 aromatic heterocycles. The zero-order valence-corrected chi connectivity index (χ0v) is 8.00. The van der Waals surface area contributed by atoms with Crippen LogP contribution in [-0.2, 0) is 6.42 Å². The molecule has 0 aliphatic carbocycles. The van der Waals surface area contributed by atoms with Crippen LogP contribution in [0.15, 0.2) is 4.52 Å². The third kappa shape index (κ3) is 2.32. The predicted octanol–water partition coefficient (Wildman–Crippen LogP) is 2.54. The Morgan fingerprint density at radius 1 is 1.42 bits per heavy atom. The van der Waals surface area contributed by atoms with Crippen molar-refractivity contribution in [3.8, 4) is 0 Å². The van der Waals surface area contributed by atoms with Crippen molar-refractivity contribution in [1.29, 1.82) is 0 Å². The number of rotatable bonds is 4. The summed E-state index contributed by atoms with van der Waals surface area (Å²) in [6.07, 6.45) is 3.20. The Balaban J connectivity index is 2.52. The van der Waals surface area contributed by atoms with Crippen molar-refractivity contribution in [3.05, 3.63) is 11.7 Å². The molecular weight excluding hydrogens is 152 g/mol. The highest BCUT2D eigenvalue weighted by Crippen LogP contribution is 2.10. The van der Waals surface area contributed by atoms with Crippen LogP contribution >= 0.6 is 0 Å². The van der Waals surface area contributed by atoms with E-state index in [1.54, 1.807) is 0 Å². The SMILES string of the molecule is CCCCc1nc(C(C)C)no1. The van der Waals surface area contributed by atoms with E-state index in [9.17, 15) is 0 Å². The minimum atomic E-state index is 0.365. The second-order valence-electron chi connectivity index (χ2n) is 3.30. The molecule has 0 N–H and O–H groups in total. The summed E-state index contributed by atoms with van der Waals surface area (Å²) < 4.78 is 5.07. The maximum Gasteiger partial charge on any atom is 0.226 e. The van der Waals surface area contributed by atoms with E-state index in [4.69, 9.17) is 4.52 Å². The van der Waals surface area contributed by atoms with Gasteiger partial charge < -0.3 is 4.52 Å². The van der Waals surface area contributed by atoms with Crippen LogP contribution in [-0.4, -0.2) is 10.1 Å². The van der Waals surface area contributed by atoms with Gasteiger partial charge in [-0.25, -0.2) is 0 Å². The van der Waals surface area contributed by atoms with E-state index in [-0.39, 0.29) is 0 Å². The molecule has 0 radical (unpaired) electrons. The molecule has 0 bridgehead atoms. The molecule has 1 heterocycles. The Kier molecular flexibility index (Phi) is 3.26. The van der Waals surface area contributed by atoms with Crippen molar-refractivity contribution in [2.75, 3.05) is 0 Å². The molecule has 3 nitrogen and oxygen atoms in total. The first kappa shape index (κ1) is 9.23. The summed E-state index contributed by atoms with van der Waals surface area (Å²) in [5.41, 5.74) is 0. The molecule has 68 valence electrons. The quantitative estimate of drug-likeness (QED) is 0.693. The Morgan fingerprint density at radius 3 is 2.67 bits per heavy atom. The number of aromatic nitrogens is 2. The number of hydrogen-bond donors (Lipinski definition) is 0. The fourth-order valence-corrected chi connectivity index (χ4v) is 0.932. The van der Waals surface area contributed by atoms with Crippen LogP contribution in [0.3, 0.4) is 0 Å². The van der Waals surface area contributed by atoms with Crippen molar-refractivity contribution in [1.82, 2.24) is 10.1 Å². The first-order valence-electron chi connectivity index (χ1n) is 4.56. The zero-order chi connectivity index (χ0) is 8.97. The molecule has 0 saturated carbocycles. The summed E-state index contributed by atoms with van der Waals surface area (Å²) in [4.78, 5) is 4.27. The lowest BCUT2D eigenvalue weighted by molar-refractivity contribution is 0.368. The molecule has 0 amide bonds. The number of hydrogen-bond acceptors (Lipinski definition) is 3. The molecule has 0 atom stereocenters. The van der Waals surface area contributed by atoms with E-state index >= 15 is 0 Å². The fourth-order valence-electron chi connectivity index (χ4n) is 0.932. The highest BCUT2D eigenvalue weighted by Gasteiger charge is 2.08. The zero-order valence-electron chi connectivity index (χ0n) is 8.00. The van der Waals surface area contributed by atoms with Crippen molar-refractivity contribution in [2.24, 2.45) is 0 Å². The third-order valence-electron chi connectivity index (χ3n) is 1.74. The van der Waals surface area contributed by atoms with Crippen LogP contribution in [0.4, 0.5) is 0 Å². The average molecular weight is 168 g/mol. The van der Waals surface area contributed by atoms with Gasteiger partial charge in [-0.1, -0.05) is 32.3 Å². The van der Waals surface area contributed by atoms with Gasteiger partial charge in [-0.2, -0.15) is 4.98 Å². The van der Waals surface area contributed by atoms with Gasteiger partial charge >= 0.3 is 0 Å². The van der Waals surface area contributed by atoms with Gasteiger partial charge in [0, 0.05) is 12.3 Å². The molecule has 0 spiro atoms. The van der Waals surface area contributed by atoms with E-state index in [0.29, 0.717) is 5.92 Å². The van der Waals surface area contributed by atoms with Crippen LogP contribution in [0.2, 0.25) is 0 Å². The summed E-state index contributed by atoms with van der Waals surface area (Å²) in [6, 6.07) is 0. The van der Waals surface area contributed by atoms with Gasteiger partial charge in [-0.3, -0.25) is 0 Å². The Morgan fingerprint density at radius 2 is 2.17 bits per heavy atom. The normalized spacial score (nSPS) is 11.0. The fraction of sp³-hybridized carbons (Fsp3) is 0.778. The Hall–Kier alpha value is -0.860. The lowest BCUT2D eigenvalue weighted by Gasteiger charge is -1.92. The monoisotopic (exact) mass is 168 g/mol. The second-order valence-corrected chi connectivity index (χ2v) is 3.30. The van der Waals surface area contributed by atoms with Crippen LogP contribution in [0.25, 0.3) is 0 Å². The van der Waals surface area contributed by atoms with Crippen molar-refractivity contribution < 1.29 is 4.52 Å². The van der Waals surface area contributed by atoms with Crippen molar-refractivity contribution >= 4 is 0 Å². The molecule has 0 saturated heterocycles. The Labute approximate surface area is 73.2 Å². The van der Waals surface area contributed by atoms with Crippen LogP contribution in [0.1, 0.15) is 51.2 Å². The Bertz CT molecular complexity index is 230. The van der Waals surface area contributed by atoms with Gasteiger partial charge in [0.05, 0.1) is 0 Å². The maximum absolute atomic E-state index is 5.07. The molecule has 12 heavy (non-hydrogen) atoms. The maximum atomic E-state index is 5.07. The number of nitrogens with zero attached hydrogens (tertiary/aromatic N) is 2. The van der Waals surface area contributed by atoms with E-state index < -0.39 is 0 Å². The van der Waals surface area contributed by atoms with Gasteiger partial charge in [0.25, 0.3) is 0 Å². The van der Waals surface area contributed by atoms with E-state index in [1.807, 2.05) is 0 Å². The second kappa shape index (κ2) is 4.24. The minimum Gasteiger partial charge on any atom is -0.339 e. The largest absolute Gasteiger partial charge is 0.339 e. The van der Waals surface area contributed by atoms with Crippen LogP contribution in [0.5, 0.6) is 0 Å². The smallest absolute Gasteiger partial charge is 0.226 e. The summed E-state index contributed by atoms with van der Waals surface area (Å²) in [7, 11) is 0. The topological polar surface area (TPSA) is 38.9 Å². The van der Waals surface area contributed by atoms with Gasteiger partial charge in [0.1, 0.15) is 0 Å². The van der Waals surface area contributed by atoms with Crippen molar-refractivity contribution in [3.63, 3.8) is 0 Å². The molecule has 0 aliphatic rings. The van der Waals surface area contributed by atoms with Crippen LogP contribution < -0.4 is 0 Å². The van der Waals surface area contributed by atoms with E-state index in [1.165, 1.54) is 6.42 Å². The number of aryl methyl sites for hydroxylation is 1. The minimum absolute atomic E-state index is 0.365. The molecule has 0 aromatic carbocycles. The van der Waals surface area contributed by atoms with Gasteiger partial charge in [-0.05, 0) is 6.42 Å². The average Bonchev–Trinajstić information content (AvgIpc) is 2.48. The third-order valence-corrected chi connectivity index (χ3v) is 1.74. The van der Waals surface area contributed by atoms with Crippen LogP contribution in [0, 0.1) is 0 Å². The lowest BCUT2D eigenvalue weighted by atomic mass is 10.2. The highest BCUT2D eigenvalue weighted by molar-refractivity contribution is 4.91. The summed E-state index contributed by atoms with van der Waals surface area (Å²) in [5.74, 6) is 1.96. The highest BCUT2D eigenvalue weighted by atomic mass is 16.5. The molecular formula is C9H16N2O. The molecule has 0 aliphatic heterocycles. The summed E-state index contributed by atoms with van der Waals surface area (Å²) >= 11 is 0. The number of unbranched alkanes of at least 4 members (excludes halogenated alkanes) is 1. The molecule has 1 aromatic rings. The molecule has 0 unspecified atom stereocenters. The molecule has 3 heteroatoms. The molecule has 1 rings (SSSR count). The first-order chi connectivity index (χ1) is 5.74. The van der Waals surface area contributed by atoms with E-state index in [0.717, 1.165) is 24.6 Å². The predicted molar refractivity (Wildman–Crippen MR) is 47.0 cm³/mol. The van der Waals surface area contributed by atoms with Gasteiger partial charge in [-0.15, -0.1) is 0 Å². The van der Waals surface area contributed by atoms with Gasteiger partial charge in [0.15, 0.2) is 5.82 Å². The van der Waals surface area contributed by atoms with Gasteiger partial charge in [0.2, 0.25) is 5.89 Å². The first-order valence-corrected chi connectivity index (χ1v) is 4.56. The lowest BCUT2D eigenvalue weighted by Crippen LogP contribution is -1.90. The summed E-state index contributed by atoms with van der Waals surface area (Å²) in [6.45, 7) is 6.28. The standard InChI is InChI=1S/C9H16N2O/c1-4-5-6-8-10-9(7(2)3)11-12-8/h7H,4-6H2,1-3H3.